The Labute approximate surface area is 106 Å². The molecule has 0 radical (unpaired) electrons. The van der Waals surface area contributed by atoms with Crippen LogP contribution < -0.4 is 5.32 Å². The summed E-state index contributed by atoms with van der Waals surface area (Å²) in [6.07, 6.45) is 2.86. The first-order valence-corrected chi connectivity index (χ1v) is 6.10. The highest BCUT2D eigenvalue weighted by Crippen LogP contribution is 2.18. The van der Waals surface area contributed by atoms with Crippen LogP contribution >= 0.6 is 11.6 Å². The van der Waals surface area contributed by atoms with E-state index in [1.54, 1.807) is 0 Å². The van der Waals surface area contributed by atoms with Crippen molar-refractivity contribution in [3.63, 3.8) is 0 Å². The molecule has 0 saturated carbocycles. The van der Waals surface area contributed by atoms with Gasteiger partial charge in [-0.05, 0) is 31.7 Å². The highest BCUT2D eigenvalue weighted by atomic mass is 35.5. The summed E-state index contributed by atoms with van der Waals surface area (Å²) >= 11 is 6.00. The number of hydrogen-bond donors (Lipinski definition) is 1. The Balaban J connectivity index is 2.45. The fourth-order valence-electron chi connectivity index (χ4n) is 1.95. The molecule has 2 aromatic rings. The van der Waals surface area contributed by atoms with Gasteiger partial charge < -0.3 is 5.32 Å². The van der Waals surface area contributed by atoms with Crippen LogP contribution in [0.15, 0.2) is 30.5 Å². The number of nitrogens with one attached hydrogen (secondary N) is 1. The fraction of sp³-hybridized carbons (Fsp3) is 0.308. The molecule has 0 unspecified atom stereocenters. The van der Waals surface area contributed by atoms with Gasteiger partial charge in [0.25, 0.3) is 0 Å². The maximum atomic E-state index is 6.00. The molecule has 2 rings (SSSR count). The summed E-state index contributed by atoms with van der Waals surface area (Å²) in [6, 6.07) is 7.75. The molecule has 3 nitrogen and oxygen atoms in total. The molecule has 0 atom stereocenters. The van der Waals surface area contributed by atoms with Gasteiger partial charge in [0.1, 0.15) is 0 Å². The van der Waals surface area contributed by atoms with Crippen LogP contribution in [-0.4, -0.2) is 16.8 Å². The van der Waals surface area contributed by atoms with E-state index in [9.17, 15) is 0 Å². The molecule has 1 aromatic heterocycles. The van der Waals surface area contributed by atoms with Crippen molar-refractivity contribution in [2.45, 2.75) is 19.9 Å². The third-order valence-electron chi connectivity index (χ3n) is 2.71. The highest BCUT2D eigenvalue weighted by molar-refractivity contribution is 6.30. The van der Waals surface area contributed by atoms with E-state index in [2.05, 4.69) is 17.3 Å². The van der Waals surface area contributed by atoms with Gasteiger partial charge in [0, 0.05) is 22.8 Å². The van der Waals surface area contributed by atoms with E-state index < -0.39 is 0 Å². The van der Waals surface area contributed by atoms with Crippen molar-refractivity contribution >= 4 is 11.6 Å². The van der Waals surface area contributed by atoms with E-state index >= 15 is 0 Å². The van der Waals surface area contributed by atoms with Crippen LogP contribution in [0.5, 0.6) is 0 Å². The van der Waals surface area contributed by atoms with Gasteiger partial charge in [-0.1, -0.05) is 24.6 Å². The van der Waals surface area contributed by atoms with Crippen molar-refractivity contribution in [3.8, 4) is 5.69 Å². The van der Waals surface area contributed by atoms with Gasteiger partial charge >= 0.3 is 0 Å². The summed E-state index contributed by atoms with van der Waals surface area (Å²) in [4.78, 5) is 0. The minimum Gasteiger partial charge on any atom is -0.316 e. The monoisotopic (exact) mass is 249 g/mol. The Kier molecular flexibility index (Phi) is 3.82. The lowest BCUT2D eigenvalue weighted by Gasteiger charge is -2.08. The number of halogens is 1. The topological polar surface area (TPSA) is 29.9 Å². The first-order valence-electron chi connectivity index (χ1n) is 5.72. The van der Waals surface area contributed by atoms with E-state index in [-0.39, 0.29) is 0 Å². The van der Waals surface area contributed by atoms with E-state index in [0.717, 1.165) is 23.7 Å². The molecule has 1 heterocycles. The summed E-state index contributed by atoms with van der Waals surface area (Å²) in [7, 11) is 1.94. The van der Waals surface area contributed by atoms with Gasteiger partial charge in [0.05, 0.1) is 11.9 Å². The first kappa shape index (κ1) is 12.1. The van der Waals surface area contributed by atoms with Gasteiger partial charge in [0.2, 0.25) is 0 Å². The number of hydrogen-bond acceptors (Lipinski definition) is 2. The average molecular weight is 250 g/mol. The summed E-state index contributed by atoms with van der Waals surface area (Å²) in [6.45, 7) is 2.97. The number of benzene rings is 1. The minimum absolute atomic E-state index is 0.732. The maximum absolute atomic E-state index is 6.00. The largest absolute Gasteiger partial charge is 0.316 e. The Bertz CT molecular complexity index is 505. The SMILES string of the molecule is CCc1c(CNC)cnn1-c1cccc(Cl)c1. The molecule has 0 amide bonds. The van der Waals surface area contributed by atoms with Gasteiger partial charge in [-0.15, -0.1) is 0 Å². The lowest BCUT2D eigenvalue weighted by molar-refractivity contribution is 0.779. The lowest BCUT2D eigenvalue weighted by atomic mass is 10.2. The second kappa shape index (κ2) is 5.34. The molecule has 0 saturated heterocycles. The highest BCUT2D eigenvalue weighted by Gasteiger charge is 2.09. The van der Waals surface area contributed by atoms with Crippen LogP contribution in [-0.2, 0) is 13.0 Å². The van der Waals surface area contributed by atoms with Crippen LogP contribution in [0.25, 0.3) is 5.69 Å². The Morgan fingerprint density at radius 2 is 2.24 bits per heavy atom. The Morgan fingerprint density at radius 3 is 2.88 bits per heavy atom. The van der Waals surface area contributed by atoms with Crippen molar-refractivity contribution < 1.29 is 0 Å². The van der Waals surface area contributed by atoms with E-state index in [1.807, 2.05) is 42.2 Å². The van der Waals surface area contributed by atoms with Crippen LogP contribution in [0.2, 0.25) is 5.02 Å². The van der Waals surface area contributed by atoms with E-state index in [4.69, 9.17) is 11.6 Å². The van der Waals surface area contributed by atoms with Gasteiger partial charge in [0.15, 0.2) is 0 Å². The molecule has 0 bridgehead atoms. The molecule has 0 aliphatic rings. The van der Waals surface area contributed by atoms with Gasteiger partial charge in [-0.25, -0.2) is 4.68 Å². The van der Waals surface area contributed by atoms with Crippen molar-refractivity contribution in [2.75, 3.05) is 7.05 Å². The second-order valence-electron chi connectivity index (χ2n) is 3.89. The lowest BCUT2D eigenvalue weighted by Crippen LogP contribution is -2.08. The molecule has 0 fully saturated rings. The summed E-state index contributed by atoms with van der Waals surface area (Å²) in [5.74, 6) is 0. The molecule has 0 aliphatic heterocycles. The van der Waals surface area contributed by atoms with Crippen LogP contribution in [0.1, 0.15) is 18.2 Å². The molecule has 0 spiro atoms. The summed E-state index contributed by atoms with van der Waals surface area (Å²) in [5.41, 5.74) is 3.47. The molecular weight excluding hydrogens is 234 g/mol. The second-order valence-corrected chi connectivity index (χ2v) is 4.33. The molecule has 1 N–H and O–H groups in total. The quantitative estimate of drug-likeness (QED) is 0.903. The zero-order chi connectivity index (χ0) is 12.3. The molecule has 4 heteroatoms. The molecule has 0 aliphatic carbocycles. The molecular formula is C13H16ClN3. The van der Waals surface area contributed by atoms with Crippen molar-refractivity contribution in [3.05, 3.63) is 46.7 Å². The summed E-state index contributed by atoms with van der Waals surface area (Å²) < 4.78 is 1.96. The molecule has 1 aromatic carbocycles. The zero-order valence-electron chi connectivity index (χ0n) is 10.1. The Morgan fingerprint density at radius 1 is 1.41 bits per heavy atom. The van der Waals surface area contributed by atoms with Crippen LogP contribution in [0, 0.1) is 0 Å². The minimum atomic E-state index is 0.732. The van der Waals surface area contributed by atoms with E-state index in [1.165, 1.54) is 11.3 Å². The smallest absolute Gasteiger partial charge is 0.0663 e. The van der Waals surface area contributed by atoms with Crippen molar-refractivity contribution in [1.29, 1.82) is 0 Å². The third-order valence-corrected chi connectivity index (χ3v) is 2.95. The maximum Gasteiger partial charge on any atom is 0.0663 e. The number of rotatable bonds is 4. The van der Waals surface area contributed by atoms with Crippen molar-refractivity contribution in [2.24, 2.45) is 0 Å². The molecule has 17 heavy (non-hydrogen) atoms. The molecule has 90 valence electrons. The standard InChI is InChI=1S/C13H16ClN3/c1-3-13-10(8-15-2)9-16-17(13)12-6-4-5-11(14)7-12/h4-7,9,15H,3,8H2,1-2H3. The number of aromatic nitrogens is 2. The average Bonchev–Trinajstić information content (AvgIpc) is 2.72. The predicted molar refractivity (Wildman–Crippen MR) is 70.7 cm³/mol. The normalized spacial score (nSPS) is 10.8. The van der Waals surface area contributed by atoms with E-state index in [0.29, 0.717) is 0 Å². The Hall–Kier alpha value is -1.32. The first-order chi connectivity index (χ1) is 8.26. The van der Waals surface area contributed by atoms with Crippen LogP contribution in [0.3, 0.4) is 0 Å². The fourth-order valence-corrected chi connectivity index (χ4v) is 2.14. The third kappa shape index (κ3) is 2.51. The zero-order valence-corrected chi connectivity index (χ0v) is 10.8. The predicted octanol–water partition coefficient (Wildman–Crippen LogP) is 2.81. The van der Waals surface area contributed by atoms with Gasteiger partial charge in [-0.3, -0.25) is 0 Å². The number of nitrogens with zero attached hydrogens (tertiary/aromatic N) is 2. The van der Waals surface area contributed by atoms with Gasteiger partial charge in [-0.2, -0.15) is 5.10 Å². The van der Waals surface area contributed by atoms with Crippen LogP contribution in [0.4, 0.5) is 0 Å². The summed E-state index contributed by atoms with van der Waals surface area (Å²) in [5, 5.41) is 8.32. The van der Waals surface area contributed by atoms with Crippen molar-refractivity contribution in [1.82, 2.24) is 15.1 Å².